The van der Waals surface area contributed by atoms with Crippen LogP contribution in [0.4, 0.5) is 5.69 Å². The number of para-hydroxylation sites is 1. The fraction of sp³-hybridized carbons (Fsp3) is 0.0909. The number of nitrogens with one attached hydrogen (secondary N) is 1. The van der Waals surface area contributed by atoms with Crippen molar-refractivity contribution in [3.8, 4) is 5.75 Å². The van der Waals surface area contributed by atoms with Gasteiger partial charge in [0.1, 0.15) is 18.9 Å². The molecule has 144 valence electrons. The van der Waals surface area contributed by atoms with Gasteiger partial charge < -0.3 is 10.1 Å². The Balaban J connectivity index is 1.46. The lowest BCUT2D eigenvalue weighted by atomic mass is 10.0. The van der Waals surface area contributed by atoms with Crippen LogP contribution in [0, 0.1) is 0 Å². The van der Waals surface area contributed by atoms with Crippen LogP contribution in [0.15, 0.2) is 72.9 Å². The Hall–Kier alpha value is -4.00. The first-order valence-corrected chi connectivity index (χ1v) is 9.06. The van der Waals surface area contributed by atoms with Crippen LogP contribution in [0.1, 0.15) is 16.1 Å². The molecule has 0 saturated heterocycles. The van der Waals surface area contributed by atoms with Crippen LogP contribution < -0.4 is 10.1 Å². The average Bonchev–Trinajstić information content (AvgIpc) is 3.19. The zero-order valence-electron chi connectivity index (χ0n) is 15.5. The van der Waals surface area contributed by atoms with E-state index in [4.69, 9.17) is 4.74 Å². The molecule has 0 spiro atoms. The number of carbonyl (C=O) groups excluding carboxylic acids is 2. The maximum absolute atomic E-state index is 12.3. The molecule has 4 aromatic rings. The molecule has 7 heteroatoms. The summed E-state index contributed by atoms with van der Waals surface area (Å²) in [6.45, 7) is 0.136. The summed E-state index contributed by atoms with van der Waals surface area (Å²) in [4.78, 5) is 23.9. The highest BCUT2D eigenvalue weighted by atomic mass is 16.5. The van der Waals surface area contributed by atoms with Gasteiger partial charge in [-0.05, 0) is 29.0 Å². The zero-order chi connectivity index (χ0) is 20.1. The highest BCUT2D eigenvalue weighted by Gasteiger charge is 2.12. The van der Waals surface area contributed by atoms with E-state index >= 15 is 0 Å². The fourth-order valence-corrected chi connectivity index (χ4v) is 3.06. The summed E-state index contributed by atoms with van der Waals surface area (Å²) in [6.07, 6.45) is 2.33. The van der Waals surface area contributed by atoms with E-state index in [9.17, 15) is 9.59 Å². The molecule has 1 aromatic heterocycles. The average molecular weight is 386 g/mol. The monoisotopic (exact) mass is 386 g/mol. The van der Waals surface area contributed by atoms with Gasteiger partial charge in [-0.15, -0.1) is 5.10 Å². The molecule has 29 heavy (non-hydrogen) atoms. The van der Waals surface area contributed by atoms with E-state index in [0.717, 1.165) is 17.1 Å². The topological polar surface area (TPSA) is 86.1 Å². The van der Waals surface area contributed by atoms with Gasteiger partial charge in [0.15, 0.2) is 6.29 Å². The number of hydrogen-bond donors (Lipinski definition) is 1. The van der Waals surface area contributed by atoms with Crippen LogP contribution in [0.3, 0.4) is 0 Å². The standard InChI is InChI=1S/C22H18N4O3/c27-14-20-19-9-5-4-6-16(19)10-11-21(20)29-15-18-12-23-25-26(18)13-22(28)24-17-7-2-1-3-8-17/h1-12,14H,13,15H2,(H,24,28). The summed E-state index contributed by atoms with van der Waals surface area (Å²) in [5.74, 6) is 0.252. The molecule has 7 nitrogen and oxygen atoms in total. The predicted octanol–water partition coefficient (Wildman–Crippen LogP) is 3.46. The minimum atomic E-state index is -0.220. The molecule has 0 aliphatic rings. The Morgan fingerprint density at radius 1 is 1.03 bits per heavy atom. The van der Waals surface area contributed by atoms with Gasteiger partial charge in [-0.3, -0.25) is 9.59 Å². The number of anilines is 1. The third-order valence-electron chi connectivity index (χ3n) is 4.47. The molecule has 4 rings (SSSR count). The number of ether oxygens (including phenoxy) is 1. The lowest BCUT2D eigenvalue weighted by Gasteiger charge is -2.12. The second kappa shape index (κ2) is 8.35. The maximum atomic E-state index is 12.3. The number of amides is 1. The normalized spacial score (nSPS) is 10.6. The second-order valence-electron chi connectivity index (χ2n) is 6.40. The largest absolute Gasteiger partial charge is 0.486 e. The highest BCUT2D eigenvalue weighted by molar-refractivity contribution is 6.00. The van der Waals surface area contributed by atoms with E-state index < -0.39 is 0 Å². The minimum absolute atomic E-state index is 0.00580. The van der Waals surface area contributed by atoms with Crippen molar-refractivity contribution in [1.82, 2.24) is 15.0 Å². The number of nitrogens with zero attached hydrogens (tertiary/aromatic N) is 3. The van der Waals surface area contributed by atoms with Crippen molar-refractivity contribution in [1.29, 1.82) is 0 Å². The molecule has 1 N–H and O–H groups in total. The van der Waals surface area contributed by atoms with Gasteiger partial charge in [-0.2, -0.15) is 0 Å². The number of carbonyl (C=O) groups is 2. The van der Waals surface area contributed by atoms with Crippen LogP contribution in [0.25, 0.3) is 10.8 Å². The summed E-state index contributed by atoms with van der Waals surface area (Å²) >= 11 is 0. The molecule has 0 aliphatic heterocycles. The summed E-state index contributed by atoms with van der Waals surface area (Å²) in [5.41, 5.74) is 1.82. The first-order valence-electron chi connectivity index (χ1n) is 9.06. The Kier molecular flexibility index (Phi) is 5.29. The van der Waals surface area contributed by atoms with Crippen molar-refractivity contribution in [2.45, 2.75) is 13.2 Å². The fourth-order valence-electron chi connectivity index (χ4n) is 3.06. The Labute approximate surface area is 166 Å². The lowest BCUT2D eigenvalue weighted by molar-refractivity contribution is -0.117. The molecular weight excluding hydrogens is 368 g/mol. The van der Waals surface area contributed by atoms with E-state index in [1.807, 2.05) is 60.7 Å². The highest BCUT2D eigenvalue weighted by Crippen LogP contribution is 2.27. The number of aldehydes is 1. The molecule has 1 heterocycles. The zero-order valence-corrected chi connectivity index (χ0v) is 15.5. The van der Waals surface area contributed by atoms with E-state index in [2.05, 4.69) is 15.6 Å². The van der Waals surface area contributed by atoms with Crippen LogP contribution in [-0.4, -0.2) is 27.2 Å². The van der Waals surface area contributed by atoms with Crippen LogP contribution in [0.5, 0.6) is 5.75 Å². The van der Waals surface area contributed by atoms with Gasteiger partial charge in [0, 0.05) is 5.69 Å². The molecule has 0 atom stereocenters. The first-order chi connectivity index (χ1) is 14.2. The molecule has 1 amide bonds. The van der Waals surface area contributed by atoms with E-state index in [-0.39, 0.29) is 19.1 Å². The number of rotatable bonds is 7. The number of aromatic nitrogens is 3. The molecule has 0 bridgehead atoms. The number of fused-ring (bicyclic) bond motifs is 1. The van der Waals surface area contributed by atoms with Gasteiger partial charge in [0.2, 0.25) is 5.91 Å². The molecule has 0 saturated carbocycles. The third kappa shape index (κ3) is 4.14. The quantitative estimate of drug-likeness (QED) is 0.492. The van der Waals surface area contributed by atoms with Crippen molar-refractivity contribution in [2.24, 2.45) is 0 Å². The van der Waals surface area contributed by atoms with E-state index in [1.54, 1.807) is 6.07 Å². The minimum Gasteiger partial charge on any atom is -0.486 e. The predicted molar refractivity (Wildman–Crippen MR) is 109 cm³/mol. The summed E-state index contributed by atoms with van der Waals surface area (Å²) < 4.78 is 7.33. The maximum Gasteiger partial charge on any atom is 0.246 e. The van der Waals surface area contributed by atoms with Crippen LogP contribution in [-0.2, 0) is 17.9 Å². The molecule has 0 unspecified atom stereocenters. The third-order valence-corrected chi connectivity index (χ3v) is 4.47. The van der Waals surface area contributed by atoms with E-state index in [1.165, 1.54) is 10.9 Å². The second-order valence-corrected chi connectivity index (χ2v) is 6.40. The van der Waals surface area contributed by atoms with Gasteiger partial charge in [0.25, 0.3) is 0 Å². The molecule has 0 aliphatic carbocycles. The van der Waals surface area contributed by atoms with Crippen LogP contribution >= 0.6 is 0 Å². The summed E-state index contributed by atoms with van der Waals surface area (Å²) in [6, 6.07) is 20.5. The Morgan fingerprint density at radius 3 is 2.66 bits per heavy atom. The van der Waals surface area contributed by atoms with Crippen molar-refractivity contribution >= 4 is 28.7 Å². The van der Waals surface area contributed by atoms with Gasteiger partial charge >= 0.3 is 0 Å². The molecule has 0 fully saturated rings. The lowest BCUT2D eigenvalue weighted by Crippen LogP contribution is -2.21. The number of benzene rings is 3. The smallest absolute Gasteiger partial charge is 0.246 e. The van der Waals surface area contributed by atoms with Crippen molar-refractivity contribution in [2.75, 3.05) is 5.32 Å². The van der Waals surface area contributed by atoms with Crippen molar-refractivity contribution < 1.29 is 14.3 Å². The van der Waals surface area contributed by atoms with Crippen molar-refractivity contribution in [3.63, 3.8) is 0 Å². The summed E-state index contributed by atoms with van der Waals surface area (Å²) in [5, 5.41) is 12.4. The Bertz CT molecular complexity index is 1160. The van der Waals surface area contributed by atoms with Crippen LogP contribution in [0.2, 0.25) is 0 Å². The molecule has 0 radical (unpaired) electrons. The number of hydrogen-bond acceptors (Lipinski definition) is 5. The SMILES string of the molecule is O=Cc1c(OCc2cnnn2CC(=O)Nc2ccccc2)ccc2ccccc12. The van der Waals surface area contributed by atoms with Gasteiger partial charge in [-0.25, -0.2) is 4.68 Å². The first kappa shape index (κ1) is 18.4. The van der Waals surface area contributed by atoms with Crippen molar-refractivity contribution in [3.05, 3.63) is 84.2 Å². The molecular formula is C22H18N4O3. The van der Waals surface area contributed by atoms with Gasteiger partial charge in [0.05, 0.1) is 17.5 Å². The van der Waals surface area contributed by atoms with Gasteiger partial charge in [-0.1, -0.05) is 53.7 Å². The molecule has 3 aromatic carbocycles. The van der Waals surface area contributed by atoms with E-state index in [0.29, 0.717) is 22.7 Å². The summed E-state index contributed by atoms with van der Waals surface area (Å²) in [7, 11) is 0. The Morgan fingerprint density at radius 2 is 1.83 bits per heavy atom.